The third-order valence-corrected chi connectivity index (χ3v) is 6.25. The molecule has 0 radical (unpaired) electrons. The lowest BCUT2D eigenvalue weighted by atomic mass is 9.84. The lowest BCUT2D eigenvalue weighted by molar-refractivity contribution is 0.174. The van der Waals surface area contributed by atoms with Gasteiger partial charge in [0.15, 0.2) is 11.5 Å². The molecule has 3 aliphatic rings. The summed E-state index contributed by atoms with van der Waals surface area (Å²) in [6, 6.07) is 9.99. The number of piperidine rings is 1. The van der Waals surface area contributed by atoms with Crippen LogP contribution in [0.5, 0.6) is 11.5 Å². The molecule has 5 heterocycles. The van der Waals surface area contributed by atoms with E-state index in [4.69, 9.17) is 9.47 Å². The van der Waals surface area contributed by atoms with Crippen LogP contribution in [0, 0.1) is 5.92 Å². The van der Waals surface area contributed by atoms with E-state index >= 15 is 0 Å². The van der Waals surface area contributed by atoms with E-state index in [-0.39, 0.29) is 37.2 Å². The molecule has 2 atom stereocenters. The Bertz CT molecular complexity index is 1160. The molecule has 0 unspecified atom stereocenters. The van der Waals surface area contributed by atoms with Crippen molar-refractivity contribution in [1.29, 1.82) is 0 Å². The molecule has 1 aromatic carbocycles. The van der Waals surface area contributed by atoms with Crippen LogP contribution in [0.15, 0.2) is 47.5 Å². The summed E-state index contributed by atoms with van der Waals surface area (Å²) in [6.07, 6.45) is 4.84. The average Bonchev–Trinajstić information content (AvgIpc) is 3.38. The smallest absolute Gasteiger partial charge is 0.261 e. The van der Waals surface area contributed by atoms with Crippen molar-refractivity contribution in [3.8, 4) is 22.9 Å². The first-order valence-corrected chi connectivity index (χ1v) is 10.1. The van der Waals surface area contributed by atoms with E-state index in [1.807, 2.05) is 39.6 Å². The van der Waals surface area contributed by atoms with Gasteiger partial charge < -0.3 is 23.9 Å². The second-order valence-electron chi connectivity index (χ2n) is 8.11. The summed E-state index contributed by atoms with van der Waals surface area (Å²) in [5, 5.41) is 3.49. The van der Waals surface area contributed by atoms with Crippen molar-refractivity contribution in [1.82, 2.24) is 19.4 Å². The predicted molar refractivity (Wildman–Crippen MR) is 122 cm³/mol. The molecular weight excluding hydrogens is 439 g/mol. The minimum atomic E-state index is 0. The first kappa shape index (κ1) is 21.7. The van der Waals surface area contributed by atoms with Crippen LogP contribution in [0.3, 0.4) is 0 Å². The lowest BCUT2D eigenvalue weighted by Crippen LogP contribution is -2.45. The molecule has 2 bridgehead atoms. The number of ether oxygens (including phenoxy) is 2. The van der Waals surface area contributed by atoms with Gasteiger partial charge >= 0.3 is 0 Å². The second-order valence-corrected chi connectivity index (χ2v) is 8.11. The molecule has 0 saturated carbocycles. The Balaban J connectivity index is 0.00000116. The first-order chi connectivity index (χ1) is 14.3. The number of benzene rings is 1. The van der Waals surface area contributed by atoms with Gasteiger partial charge in [-0.3, -0.25) is 4.79 Å². The highest BCUT2D eigenvalue weighted by Gasteiger charge is 2.31. The van der Waals surface area contributed by atoms with Crippen LogP contribution in [0.25, 0.3) is 11.4 Å². The number of nitrogens with one attached hydrogen (secondary N) is 1. The molecule has 31 heavy (non-hydrogen) atoms. The predicted octanol–water partition coefficient (Wildman–Crippen LogP) is 3.04. The zero-order chi connectivity index (χ0) is 19.4. The molecule has 1 N–H and O–H groups in total. The zero-order valence-corrected chi connectivity index (χ0v) is 18.5. The van der Waals surface area contributed by atoms with Crippen molar-refractivity contribution in [2.45, 2.75) is 25.4 Å². The summed E-state index contributed by atoms with van der Waals surface area (Å²) in [6.45, 7) is 3.61. The van der Waals surface area contributed by atoms with Gasteiger partial charge in [-0.25, -0.2) is 4.98 Å². The maximum Gasteiger partial charge on any atom is 0.261 e. The van der Waals surface area contributed by atoms with Crippen LogP contribution in [0.4, 0.5) is 0 Å². The lowest BCUT2D eigenvalue weighted by Gasteiger charge is -2.37. The Morgan fingerprint density at radius 1 is 1.10 bits per heavy atom. The van der Waals surface area contributed by atoms with Gasteiger partial charge in [0.05, 0.1) is 5.56 Å². The van der Waals surface area contributed by atoms with E-state index in [1.54, 1.807) is 6.20 Å². The first-order valence-electron chi connectivity index (χ1n) is 10.1. The third kappa shape index (κ3) is 3.71. The quantitative estimate of drug-likeness (QED) is 0.647. The number of pyridine rings is 1. The number of rotatable bonds is 3. The fraction of sp³-hybridized carbons (Fsp3) is 0.364. The number of hydrogen-bond acceptors (Lipinski definition) is 5. The summed E-state index contributed by atoms with van der Waals surface area (Å²) in [5.74, 6) is 3.20. The molecule has 0 amide bonds. The summed E-state index contributed by atoms with van der Waals surface area (Å²) in [4.78, 5) is 17.9. The molecule has 164 valence electrons. The maximum atomic E-state index is 13.4. The zero-order valence-electron chi connectivity index (χ0n) is 16.8. The normalized spacial score (nSPS) is 20.4. The molecule has 0 spiro atoms. The van der Waals surface area contributed by atoms with Crippen molar-refractivity contribution in [2.75, 3.05) is 19.9 Å². The van der Waals surface area contributed by atoms with Gasteiger partial charge in [-0.1, -0.05) is 6.07 Å². The molecule has 3 aliphatic heterocycles. The van der Waals surface area contributed by atoms with E-state index in [2.05, 4.69) is 16.4 Å². The Morgan fingerprint density at radius 2 is 1.97 bits per heavy atom. The topological polar surface area (TPSA) is 70.3 Å². The van der Waals surface area contributed by atoms with E-state index in [9.17, 15) is 4.79 Å². The van der Waals surface area contributed by atoms with Crippen molar-refractivity contribution in [3.63, 3.8) is 0 Å². The van der Waals surface area contributed by atoms with Gasteiger partial charge in [0.2, 0.25) is 6.79 Å². The summed E-state index contributed by atoms with van der Waals surface area (Å²) < 4.78 is 14.9. The molecule has 1 saturated heterocycles. The van der Waals surface area contributed by atoms with Crippen molar-refractivity contribution >= 4 is 24.8 Å². The van der Waals surface area contributed by atoms with Crippen LogP contribution < -0.4 is 20.3 Å². The van der Waals surface area contributed by atoms with Gasteiger partial charge in [-0.2, -0.15) is 0 Å². The fourth-order valence-electron chi connectivity index (χ4n) is 4.88. The minimum Gasteiger partial charge on any atom is -0.454 e. The number of halogens is 2. The van der Waals surface area contributed by atoms with Crippen LogP contribution >= 0.6 is 24.8 Å². The number of hydrogen-bond donors (Lipinski definition) is 1. The van der Waals surface area contributed by atoms with Crippen molar-refractivity contribution in [3.05, 3.63) is 64.3 Å². The summed E-state index contributed by atoms with van der Waals surface area (Å²) in [7, 11) is 0. The molecule has 0 aliphatic carbocycles. The molecule has 6 rings (SSSR count). The van der Waals surface area contributed by atoms with E-state index in [0.29, 0.717) is 29.8 Å². The Morgan fingerprint density at radius 3 is 2.87 bits per heavy atom. The highest BCUT2D eigenvalue weighted by Crippen LogP contribution is 2.34. The Hall–Kier alpha value is -2.48. The van der Waals surface area contributed by atoms with Gasteiger partial charge in [-0.05, 0) is 48.7 Å². The summed E-state index contributed by atoms with van der Waals surface area (Å²) >= 11 is 0. The van der Waals surface area contributed by atoms with Crippen LogP contribution in [0.2, 0.25) is 0 Å². The molecule has 3 aromatic rings. The van der Waals surface area contributed by atoms with Gasteiger partial charge in [0, 0.05) is 43.6 Å². The largest absolute Gasteiger partial charge is 0.454 e. The van der Waals surface area contributed by atoms with Crippen LogP contribution in [0.1, 0.15) is 23.6 Å². The second kappa shape index (κ2) is 8.57. The monoisotopic (exact) mass is 462 g/mol. The molecule has 9 heteroatoms. The number of nitrogens with zero attached hydrogens (tertiary/aromatic N) is 3. The summed E-state index contributed by atoms with van der Waals surface area (Å²) in [5.41, 5.74) is 2.95. The highest BCUT2D eigenvalue weighted by molar-refractivity contribution is 5.85. The highest BCUT2D eigenvalue weighted by atomic mass is 35.5. The molecule has 1 fully saturated rings. The van der Waals surface area contributed by atoms with E-state index in [0.717, 1.165) is 42.4 Å². The van der Waals surface area contributed by atoms with Crippen LogP contribution in [-0.4, -0.2) is 34.0 Å². The number of aromatic nitrogens is 3. The Kier molecular flexibility index (Phi) is 6.01. The molecular formula is C22H24Cl2N4O3. The number of fused-ring (bicyclic) bond motifs is 5. The average molecular weight is 463 g/mol. The van der Waals surface area contributed by atoms with E-state index in [1.165, 1.54) is 6.42 Å². The van der Waals surface area contributed by atoms with Crippen molar-refractivity contribution in [2.24, 2.45) is 5.92 Å². The maximum absolute atomic E-state index is 13.4. The Labute approximate surface area is 192 Å². The van der Waals surface area contributed by atoms with Crippen molar-refractivity contribution < 1.29 is 9.47 Å². The van der Waals surface area contributed by atoms with E-state index < -0.39 is 0 Å². The van der Waals surface area contributed by atoms with Gasteiger partial charge in [0.1, 0.15) is 5.82 Å². The van der Waals surface area contributed by atoms with Crippen LogP contribution in [-0.2, 0) is 13.1 Å². The van der Waals surface area contributed by atoms with Gasteiger partial charge in [-0.15, -0.1) is 24.8 Å². The molecule has 7 nitrogen and oxygen atoms in total. The standard InChI is InChI=1S/C22H22N4O3.2ClH/c27-22-17(2-3-18-16-7-15(9-23-10-16)12-26(18)22)21-24-5-6-25(21)11-14-1-4-19-20(8-14)29-13-28-19;;/h1-6,8,15-16,23H,7,9-13H2;2*1H/t15-,16+;;/m0../s1. The SMILES string of the molecule is Cl.Cl.O=c1c(-c2nccn2Cc2ccc3c(c2)OCO3)ccc2n1C[C@@H]1CNC[C@H]2C1. The minimum absolute atomic E-state index is 0. The molecule has 2 aromatic heterocycles. The third-order valence-electron chi connectivity index (χ3n) is 6.25. The van der Waals surface area contributed by atoms with Gasteiger partial charge in [0.25, 0.3) is 5.56 Å². The number of imidazole rings is 1. The fourth-order valence-corrected chi connectivity index (χ4v) is 4.88.